The van der Waals surface area contributed by atoms with Crippen LogP contribution < -0.4 is 5.56 Å². The standard InChI is InChI=1S/C15H17N3O3S/c19-14-7-12(16-10-17-14)1-2-13-8-18(4-5-21-13)15(20)11-3-6-22-9-11/h3,6-7,9-10,13H,1-2,4-5,8H2,(H,16,17,19). The van der Waals surface area contributed by atoms with E-state index in [9.17, 15) is 9.59 Å². The third kappa shape index (κ3) is 3.61. The molecule has 1 N–H and O–H groups in total. The molecular weight excluding hydrogens is 302 g/mol. The summed E-state index contributed by atoms with van der Waals surface area (Å²) < 4.78 is 5.72. The molecule has 0 aliphatic carbocycles. The summed E-state index contributed by atoms with van der Waals surface area (Å²) in [4.78, 5) is 32.0. The summed E-state index contributed by atoms with van der Waals surface area (Å²) in [5.41, 5.74) is 1.33. The quantitative estimate of drug-likeness (QED) is 0.922. The van der Waals surface area contributed by atoms with E-state index in [4.69, 9.17) is 4.74 Å². The average molecular weight is 319 g/mol. The zero-order chi connectivity index (χ0) is 15.4. The SMILES string of the molecule is O=C(c1ccsc1)N1CCOC(CCc2cc(=O)[nH]cn2)C1. The van der Waals surface area contributed by atoms with Gasteiger partial charge in [-0.1, -0.05) is 0 Å². The first-order valence-corrected chi connectivity index (χ1v) is 8.13. The van der Waals surface area contributed by atoms with E-state index in [0.717, 1.165) is 17.7 Å². The van der Waals surface area contributed by atoms with Crippen LogP contribution in [0.4, 0.5) is 0 Å². The highest BCUT2D eigenvalue weighted by Crippen LogP contribution is 2.15. The van der Waals surface area contributed by atoms with Gasteiger partial charge in [0.1, 0.15) is 0 Å². The molecule has 0 radical (unpaired) electrons. The number of aromatic amines is 1. The van der Waals surface area contributed by atoms with Crippen LogP contribution in [0.5, 0.6) is 0 Å². The lowest BCUT2D eigenvalue weighted by molar-refractivity contribution is -0.0246. The zero-order valence-corrected chi connectivity index (χ0v) is 12.8. The van der Waals surface area contributed by atoms with Crippen LogP contribution in [0.1, 0.15) is 22.5 Å². The van der Waals surface area contributed by atoms with Crippen molar-refractivity contribution in [2.24, 2.45) is 0 Å². The highest BCUT2D eigenvalue weighted by atomic mass is 32.1. The van der Waals surface area contributed by atoms with Crippen LogP contribution in [0.3, 0.4) is 0 Å². The Kier molecular flexibility index (Phi) is 4.65. The van der Waals surface area contributed by atoms with Crippen LogP contribution in [0.2, 0.25) is 0 Å². The van der Waals surface area contributed by atoms with E-state index >= 15 is 0 Å². The first-order chi connectivity index (χ1) is 10.7. The smallest absolute Gasteiger partial charge is 0.254 e. The number of nitrogens with one attached hydrogen (secondary N) is 1. The van der Waals surface area contributed by atoms with Crippen molar-refractivity contribution >= 4 is 17.2 Å². The van der Waals surface area contributed by atoms with Gasteiger partial charge in [0.15, 0.2) is 0 Å². The van der Waals surface area contributed by atoms with Gasteiger partial charge in [0, 0.05) is 30.2 Å². The van der Waals surface area contributed by atoms with Crippen molar-refractivity contribution in [3.63, 3.8) is 0 Å². The molecular formula is C15H17N3O3S. The van der Waals surface area contributed by atoms with Crippen LogP contribution >= 0.6 is 11.3 Å². The maximum absolute atomic E-state index is 12.3. The van der Waals surface area contributed by atoms with Crippen LogP contribution in [0, 0.1) is 0 Å². The van der Waals surface area contributed by atoms with E-state index in [-0.39, 0.29) is 17.6 Å². The minimum atomic E-state index is -0.149. The monoisotopic (exact) mass is 319 g/mol. The fraction of sp³-hybridized carbons (Fsp3) is 0.400. The number of aryl methyl sites for hydroxylation is 1. The van der Waals surface area contributed by atoms with Crippen LogP contribution in [0.25, 0.3) is 0 Å². The molecule has 116 valence electrons. The van der Waals surface area contributed by atoms with Crippen molar-refractivity contribution in [3.05, 3.63) is 50.8 Å². The van der Waals surface area contributed by atoms with E-state index in [1.807, 2.05) is 21.7 Å². The van der Waals surface area contributed by atoms with E-state index in [2.05, 4.69) is 9.97 Å². The minimum Gasteiger partial charge on any atom is -0.375 e. The van der Waals surface area contributed by atoms with Gasteiger partial charge in [0.05, 0.1) is 24.6 Å². The Morgan fingerprint density at radius 3 is 3.23 bits per heavy atom. The lowest BCUT2D eigenvalue weighted by Crippen LogP contribution is -2.45. The van der Waals surface area contributed by atoms with Crippen LogP contribution in [0.15, 0.2) is 34.0 Å². The Hall–Kier alpha value is -1.99. The number of nitrogens with zero attached hydrogens (tertiary/aromatic N) is 2. The third-order valence-electron chi connectivity index (χ3n) is 3.65. The normalized spacial score (nSPS) is 18.4. The summed E-state index contributed by atoms with van der Waals surface area (Å²) in [5.74, 6) is 0.0591. The van der Waals surface area contributed by atoms with Gasteiger partial charge in [-0.3, -0.25) is 9.59 Å². The molecule has 3 rings (SSSR count). The molecule has 1 aliphatic heterocycles. The fourth-order valence-corrected chi connectivity index (χ4v) is 3.13. The number of H-pyrrole nitrogens is 1. The molecule has 1 fully saturated rings. The lowest BCUT2D eigenvalue weighted by Gasteiger charge is -2.32. The number of morpholine rings is 1. The molecule has 0 bridgehead atoms. The van der Waals surface area contributed by atoms with E-state index in [0.29, 0.717) is 26.1 Å². The van der Waals surface area contributed by atoms with Crippen LogP contribution in [-0.4, -0.2) is 46.6 Å². The molecule has 22 heavy (non-hydrogen) atoms. The maximum Gasteiger partial charge on any atom is 0.254 e. The number of aromatic nitrogens is 2. The maximum atomic E-state index is 12.3. The molecule has 0 aromatic carbocycles. The molecule has 0 spiro atoms. The topological polar surface area (TPSA) is 75.3 Å². The first-order valence-electron chi connectivity index (χ1n) is 7.19. The van der Waals surface area contributed by atoms with Gasteiger partial charge in [-0.25, -0.2) is 4.98 Å². The number of hydrogen-bond donors (Lipinski definition) is 1. The van der Waals surface area contributed by atoms with Crippen molar-refractivity contribution in [2.45, 2.75) is 18.9 Å². The Morgan fingerprint density at radius 1 is 1.55 bits per heavy atom. The Bertz CT molecular complexity index is 683. The van der Waals surface area contributed by atoms with Gasteiger partial charge in [0.25, 0.3) is 11.5 Å². The lowest BCUT2D eigenvalue weighted by atomic mass is 10.1. The fourth-order valence-electron chi connectivity index (χ4n) is 2.50. The Balaban J connectivity index is 1.56. The summed E-state index contributed by atoms with van der Waals surface area (Å²) in [6, 6.07) is 3.34. The second-order valence-corrected chi connectivity index (χ2v) is 5.98. The molecule has 3 heterocycles. The molecule has 1 aliphatic rings. The highest BCUT2D eigenvalue weighted by molar-refractivity contribution is 7.08. The third-order valence-corrected chi connectivity index (χ3v) is 4.33. The van der Waals surface area contributed by atoms with Crippen molar-refractivity contribution in [2.75, 3.05) is 19.7 Å². The molecule has 0 saturated carbocycles. The van der Waals surface area contributed by atoms with Crippen molar-refractivity contribution in [1.29, 1.82) is 0 Å². The molecule has 2 aromatic heterocycles. The minimum absolute atomic E-state index is 0.0163. The number of thiophene rings is 1. The molecule has 1 atom stereocenters. The Morgan fingerprint density at radius 2 is 2.45 bits per heavy atom. The van der Waals surface area contributed by atoms with Gasteiger partial charge in [-0.05, 0) is 24.3 Å². The van der Waals surface area contributed by atoms with Gasteiger partial charge < -0.3 is 14.6 Å². The second kappa shape index (κ2) is 6.85. The number of hydrogen-bond acceptors (Lipinski definition) is 5. The summed E-state index contributed by atoms with van der Waals surface area (Å²) in [5, 5.41) is 3.77. The molecule has 7 heteroatoms. The molecule has 1 saturated heterocycles. The van der Waals surface area contributed by atoms with E-state index < -0.39 is 0 Å². The molecule has 1 unspecified atom stereocenters. The summed E-state index contributed by atoms with van der Waals surface area (Å²) in [7, 11) is 0. The largest absolute Gasteiger partial charge is 0.375 e. The van der Waals surface area contributed by atoms with Crippen molar-refractivity contribution < 1.29 is 9.53 Å². The number of carbonyl (C=O) groups is 1. The van der Waals surface area contributed by atoms with Crippen LogP contribution in [-0.2, 0) is 11.2 Å². The number of amides is 1. The zero-order valence-electron chi connectivity index (χ0n) is 12.0. The second-order valence-electron chi connectivity index (χ2n) is 5.20. The van der Waals surface area contributed by atoms with Gasteiger partial charge in [0.2, 0.25) is 0 Å². The number of ether oxygens (including phenoxy) is 1. The Labute approximate surface area is 131 Å². The predicted molar refractivity (Wildman–Crippen MR) is 83.1 cm³/mol. The summed E-state index contributed by atoms with van der Waals surface area (Å²) >= 11 is 1.52. The molecule has 1 amide bonds. The van der Waals surface area contributed by atoms with Crippen molar-refractivity contribution in [1.82, 2.24) is 14.9 Å². The van der Waals surface area contributed by atoms with Gasteiger partial charge in [-0.2, -0.15) is 11.3 Å². The average Bonchev–Trinajstić information content (AvgIpc) is 3.07. The summed E-state index contributed by atoms with van der Waals surface area (Å²) in [6.07, 6.45) is 2.79. The highest BCUT2D eigenvalue weighted by Gasteiger charge is 2.25. The van der Waals surface area contributed by atoms with Gasteiger partial charge in [-0.15, -0.1) is 0 Å². The number of carbonyl (C=O) groups excluding carboxylic acids is 1. The van der Waals surface area contributed by atoms with E-state index in [1.165, 1.54) is 23.7 Å². The van der Waals surface area contributed by atoms with E-state index in [1.54, 1.807) is 0 Å². The molecule has 2 aromatic rings. The predicted octanol–water partition coefficient (Wildman–Crippen LogP) is 1.31. The van der Waals surface area contributed by atoms with Gasteiger partial charge >= 0.3 is 0 Å². The number of rotatable bonds is 4. The molecule has 6 nitrogen and oxygen atoms in total. The first kappa shape index (κ1) is 14.9. The van der Waals surface area contributed by atoms with Crippen molar-refractivity contribution in [3.8, 4) is 0 Å². The summed E-state index contributed by atoms with van der Waals surface area (Å²) in [6.45, 7) is 1.75.